The van der Waals surface area contributed by atoms with Crippen molar-refractivity contribution in [2.24, 2.45) is 5.84 Å². The first-order chi connectivity index (χ1) is 9.11. The van der Waals surface area contributed by atoms with E-state index in [2.05, 4.69) is 5.43 Å². The smallest absolute Gasteiger partial charge is 0.268 e. The van der Waals surface area contributed by atoms with Crippen LogP contribution in [-0.4, -0.2) is 5.91 Å². The maximum atomic E-state index is 11.3. The van der Waals surface area contributed by atoms with Gasteiger partial charge in [-0.1, -0.05) is 6.07 Å². The standard InChI is InChI=1S/C13H15N3O2S/c1-8-11(14)3-2-4-12(8)19-7-10-5-9(6-18-10)13(17)16-15/h2-6H,7,14-15H2,1H3,(H,16,17). The molecule has 0 saturated heterocycles. The Kier molecular flexibility index (Phi) is 4.13. The van der Waals surface area contributed by atoms with Crippen LogP contribution in [0.3, 0.4) is 0 Å². The van der Waals surface area contributed by atoms with Crippen molar-refractivity contribution in [1.29, 1.82) is 0 Å². The highest BCUT2D eigenvalue weighted by Gasteiger charge is 2.09. The molecule has 0 spiro atoms. The van der Waals surface area contributed by atoms with Crippen molar-refractivity contribution in [3.05, 3.63) is 47.4 Å². The molecule has 5 N–H and O–H groups in total. The highest BCUT2D eigenvalue weighted by atomic mass is 32.2. The zero-order valence-corrected chi connectivity index (χ0v) is 11.3. The molecule has 0 aliphatic carbocycles. The maximum Gasteiger partial charge on any atom is 0.268 e. The van der Waals surface area contributed by atoms with E-state index in [1.165, 1.54) is 6.26 Å². The van der Waals surface area contributed by atoms with Gasteiger partial charge in [-0.15, -0.1) is 11.8 Å². The minimum absolute atomic E-state index is 0.361. The van der Waals surface area contributed by atoms with Gasteiger partial charge in [0.25, 0.3) is 5.91 Å². The van der Waals surface area contributed by atoms with Crippen LogP contribution < -0.4 is 17.0 Å². The molecule has 5 nitrogen and oxygen atoms in total. The highest BCUT2D eigenvalue weighted by Crippen LogP contribution is 2.29. The number of hydrogen-bond acceptors (Lipinski definition) is 5. The van der Waals surface area contributed by atoms with Crippen molar-refractivity contribution in [1.82, 2.24) is 5.43 Å². The van der Waals surface area contributed by atoms with Crippen LogP contribution in [0.1, 0.15) is 21.7 Å². The summed E-state index contributed by atoms with van der Waals surface area (Å²) in [6.07, 6.45) is 1.39. The Morgan fingerprint density at radius 1 is 1.47 bits per heavy atom. The molecule has 0 unspecified atom stereocenters. The van der Waals surface area contributed by atoms with Crippen molar-refractivity contribution in [2.45, 2.75) is 17.6 Å². The molecule has 0 fully saturated rings. The number of nitrogens with one attached hydrogen (secondary N) is 1. The van der Waals surface area contributed by atoms with Crippen molar-refractivity contribution in [3.63, 3.8) is 0 Å². The lowest BCUT2D eigenvalue weighted by Gasteiger charge is -2.06. The lowest BCUT2D eigenvalue weighted by atomic mass is 10.2. The summed E-state index contributed by atoms with van der Waals surface area (Å²) in [5.41, 5.74) is 10.2. The van der Waals surface area contributed by atoms with E-state index in [1.807, 2.05) is 25.1 Å². The van der Waals surface area contributed by atoms with Crippen LogP contribution in [0.4, 0.5) is 5.69 Å². The van der Waals surface area contributed by atoms with Gasteiger partial charge in [-0.25, -0.2) is 5.84 Å². The molecular weight excluding hydrogens is 262 g/mol. The summed E-state index contributed by atoms with van der Waals surface area (Å²) in [6.45, 7) is 1.98. The summed E-state index contributed by atoms with van der Waals surface area (Å²) in [6, 6.07) is 7.47. The van der Waals surface area contributed by atoms with Gasteiger partial charge in [0.15, 0.2) is 0 Å². The summed E-state index contributed by atoms with van der Waals surface area (Å²) in [4.78, 5) is 12.4. The average Bonchev–Trinajstić information content (AvgIpc) is 2.88. The number of nitrogens with two attached hydrogens (primary N) is 2. The molecule has 1 heterocycles. The van der Waals surface area contributed by atoms with Crippen molar-refractivity contribution >= 4 is 23.4 Å². The third-order valence-electron chi connectivity index (χ3n) is 2.74. The van der Waals surface area contributed by atoms with E-state index in [0.717, 1.165) is 16.1 Å². The van der Waals surface area contributed by atoms with Crippen LogP contribution in [-0.2, 0) is 5.75 Å². The number of amides is 1. The fourth-order valence-corrected chi connectivity index (χ4v) is 2.55. The molecule has 0 aliphatic rings. The van der Waals surface area contributed by atoms with Gasteiger partial charge in [-0.05, 0) is 30.7 Å². The molecule has 1 aromatic carbocycles. The van der Waals surface area contributed by atoms with Crippen LogP contribution in [0.2, 0.25) is 0 Å². The molecule has 0 atom stereocenters. The Morgan fingerprint density at radius 3 is 3.00 bits per heavy atom. The van der Waals surface area contributed by atoms with E-state index in [0.29, 0.717) is 17.1 Å². The van der Waals surface area contributed by atoms with Crippen molar-refractivity contribution in [2.75, 3.05) is 5.73 Å². The fourth-order valence-electron chi connectivity index (χ4n) is 1.60. The number of rotatable bonds is 4. The molecule has 100 valence electrons. The first-order valence-corrected chi connectivity index (χ1v) is 6.66. The number of carbonyl (C=O) groups excluding carboxylic acids is 1. The van der Waals surface area contributed by atoms with Crippen molar-refractivity contribution < 1.29 is 9.21 Å². The molecule has 1 aromatic heterocycles. The summed E-state index contributed by atoms with van der Waals surface area (Å²) in [5, 5.41) is 0. The number of carbonyl (C=O) groups is 1. The van der Waals surface area contributed by atoms with Gasteiger partial charge in [0, 0.05) is 10.6 Å². The molecule has 0 aliphatic heterocycles. The van der Waals surface area contributed by atoms with Crippen LogP contribution >= 0.6 is 11.8 Å². The first kappa shape index (κ1) is 13.5. The summed E-state index contributed by atoms with van der Waals surface area (Å²) < 4.78 is 5.31. The predicted molar refractivity (Wildman–Crippen MR) is 75.5 cm³/mol. The second-order valence-electron chi connectivity index (χ2n) is 4.03. The largest absolute Gasteiger partial charge is 0.468 e. The number of nitrogen functional groups attached to an aromatic ring is 2. The molecule has 0 radical (unpaired) electrons. The minimum atomic E-state index is -0.361. The van der Waals surface area contributed by atoms with E-state index in [4.69, 9.17) is 16.0 Å². The fraction of sp³-hybridized carbons (Fsp3) is 0.154. The van der Waals surface area contributed by atoms with Crippen LogP contribution in [0, 0.1) is 6.92 Å². The molecule has 0 saturated carbocycles. The number of hydrogen-bond donors (Lipinski definition) is 3. The Bertz CT molecular complexity index is 595. The van der Waals surface area contributed by atoms with E-state index < -0.39 is 0 Å². The van der Waals surface area contributed by atoms with Gasteiger partial charge in [-0.3, -0.25) is 10.2 Å². The zero-order chi connectivity index (χ0) is 13.8. The highest BCUT2D eigenvalue weighted by molar-refractivity contribution is 7.98. The SMILES string of the molecule is Cc1c(N)cccc1SCc1cc(C(=O)NN)co1. The summed E-state index contributed by atoms with van der Waals surface area (Å²) in [5.74, 6) is 6.03. The van der Waals surface area contributed by atoms with E-state index in [1.54, 1.807) is 17.8 Å². The predicted octanol–water partition coefficient (Wildman–Crippen LogP) is 2.07. The Balaban J connectivity index is 2.04. The van der Waals surface area contributed by atoms with Gasteiger partial charge in [0.05, 0.1) is 11.3 Å². The van der Waals surface area contributed by atoms with Gasteiger partial charge in [0.1, 0.15) is 12.0 Å². The summed E-state index contributed by atoms with van der Waals surface area (Å²) >= 11 is 1.61. The van der Waals surface area contributed by atoms with Crippen LogP contribution in [0.25, 0.3) is 0 Å². The molecule has 19 heavy (non-hydrogen) atoms. The molecule has 2 aromatic rings. The van der Waals surface area contributed by atoms with Crippen LogP contribution in [0.15, 0.2) is 39.8 Å². The first-order valence-electron chi connectivity index (χ1n) is 5.68. The molecular formula is C13H15N3O2S. The minimum Gasteiger partial charge on any atom is -0.468 e. The molecule has 2 rings (SSSR count). The molecule has 6 heteroatoms. The lowest BCUT2D eigenvalue weighted by Crippen LogP contribution is -2.29. The monoisotopic (exact) mass is 277 g/mol. The number of anilines is 1. The third-order valence-corrected chi connectivity index (χ3v) is 3.93. The summed E-state index contributed by atoms with van der Waals surface area (Å²) in [7, 11) is 0. The normalized spacial score (nSPS) is 10.4. The number of thioether (sulfide) groups is 1. The van der Waals surface area contributed by atoms with E-state index in [-0.39, 0.29) is 5.91 Å². The molecule has 1 amide bonds. The Hall–Kier alpha value is -1.92. The maximum absolute atomic E-state index is 11.3. The van der Waals surface area contributed by atoms with Gasteiger partial charge >= 0.3 is 0 Å². The van der Waals surface area contributed by atoms with Crippen LogP contribution in [0.5, 0.6) is 0 Å². The third kappa shape index (κ3) is 3.10. The number of hydrazine groups is 1. The van der Waals surface area contributed by atoms with Crippen molar-refractivity contribution in [3.8, 4) is 0 Å². The van der Waals surface area contributed by atoms with E-state index >= 15 is 0 Å². The topological polar surface area (TPSA) is 94.3 Å². The Labute approximate surface area is 115 Å². The number of benzene rings is 1. The lowest BCUT2D eigenvalue weighted by molar-refractivity contribution is 0.0953. The van der Waals surface area contributed by atoms with Gasteiger partial charge < -0.3 is 10.2 Å². The quantitative estimate of drug-likeness (QED) is 0.261. The second-order valence-corrected chi connectivity index (χ2v) is 5.05. The number of furan rings is 1. The zero-order valence-electron chi connectivity index (χ0n) is 10.5. The van der Waals surface area contributed by atoms with Gasteiger partial charge in [-0.2, -0.15) is 0 Å². The Morgan fingerprint density at radius 2 is 2.26 bits per heavy atom. The molecule has 0 bridgehead atoms. The van der Waals surface area contributed by atoms with E-state index in [9.17, 15) is 4.79 Å². The van der Waals surface area contributed by atoms with Gasteiger partial charge in [0.2, 0.25) is 0 Å². The second kappa shape index (κ2) is 5.81. The average molecular weight is 277 g/mol.